The van der Waals surface area contributed by atoms with Crippen LogP contribution in [-0.2, 0) is 13.5 Å². The standard InChI is InChI=1S/C16H20IN3/c1-11(12-6-8-13(17)9-7-12)19-15-4-3-5-16-14(15)10-18-20(16)2/h6-11,15,19H,3-5H2,1-2H3. The molecule has 0 aliphatic heterocycles. The van der Waals surface area contributed by atoms with Gasteiger partial charge >= 0.3 is 0 Å². The minimum Gasteiger partial charge on any atom is -0.303 e. The first-order valence-corrected chi connectivity index (χ1v) is 8.25. The molecule has 20 heavy (non-hydrogen) atoms. The van der Waals surface area contributed by atoms with Gasteiger partial charge in [-0.15, -0.1) is 0 Å². The number of halogens is 1. The fourth-order valence-electron chi connectivity index (χ4n) is 3.03. The Balaban J connectivity index is 1.77. The van der Waals surface area contributed by atoms with Crippen molar-refractivity contribution in [1.82, 2.24) is 15.1 Å². The third-order valence-corrected chi connectivity index (χ3v) is 4.92. The molecule has 0 amide bonds. The summed E-state index contributed by atoms with van der Waals surface area (Å²) in [5, 5.41) is 8.18. The van der Waals surface area contributed by atoms with E-state index in [4.69, 9.17) is 0 Å². The maximum Gasteiger partial charge on any atom is 0.0540 e. The zero-order chi connectivity index (χ0) is 14.1. The first-order valence-electron chi connectivity index (χ1n) is 7.17. The Labute approximate surface area is 133 Å². The average Bonchev–Trinajstić information content (AvgIpc) is 2.82. The molecular formula is C16H20IN3. The van der Waals surface area contributed by atoms with Crippen molar-refractivity contribution in [3.8, 4) is 0 Å². The van der Waals surface area contributed by atoms with Gasteiger partial charge in [-0.05, 0) is 66.5 Å². The maximum absolute atomic E-state index is 4.42. The van der Waals surface area contributed by atoms with Crippen molar-refractivity contribution >= 4 is 22.6 Å². The quantitative estimate of drug-likeness (QED) is 0.821. The predicted octanol–water partition coefficient (Wildman–Crippen LogP) is 3.75. The van der Waals surface area contributed by atoms with Gasteiger partial charge in [-0.3, -0.25) is 4.68 Å². The number of nitrogens with one attached hydrogen (secondary N) is 1. The highest BCUT2D eigenvalue weighted by Crippen LogP contribution is 2.31. The van der Waals surface area contributed by atoms with Crippen LogP contribution in [0.3, 0.4) is 0 Å². The molecule has 0 saturated carbocycles. The van der Waals surface area contributed by atoms with Crippen LogP contribution < -0.4 is 5.32 Å². The first kappa shape index (κ1) is 14.1. The zero-order valence-electron chi connectivity index (χ0n) is 11.9. The Hall–Kier alpha value is -0.880. The number of nitrogens with zero attached hydrogens (tertiary/aromatic N) is 2. The van der Waals surface area contributed by atoms with E-state index in [1.807, 2.05) is 17.9 Å². The summed E-state index contributed by atoms with van der Waals surface area (Å²) in [7, 11) is 2.05. The third-order valence-electron chi connectivity index (χ3n) is 4.20. The van der Waals surface area contributed by atoms with Crippen molar-refractivity contribution < 1.29 is 0 Å². The molecule has 1 aromatic carbocycles. The van der Waals surface area contributed by atoms with Crippen LogP contribution in [-0.4, -0.2) is 9.78 Å². The van der Waals surface area contributed by atoms with Gasteiger partial charge < -0.3 is 5.32 Å². The van der Waals surface area contributed by atoms with E-state index >= 15 is 0 Å². The molecule has 1 heterocycles. The number of fused-ring (bicyclic) bond motifs is 1. The summed E-state index contributed by atoms with van der Waals surface area (Å²) in [4.78, 5) is 0. The molecule has 3 rings (SSSR count). The number of hydrogen-bond acceptors (Lipinski definition) is 2. The molecule has 1 aliphatic carbocycles. The molecule has 0 spiro atoms. The van der Waals surface area contributed by atoms with Gasteiger partial charge in [0.05, 0.1) is 6.20 Å². The lowest BCUT2D eigenvalue weighted by molar-refractivity contribution is 0.411. The molecule has 1 aliphatic rings. The van der Waals surface area contributed by atoms with Gasteiger partial charge in [0, 0.05) is 34.0 Å². The van der Waals surface area contributed by atoms with E-state index in [0.717, 1.165) is 6.42 Å². The van der Waals surface area contributed by atoms with Gasteiger partial charge in [0.1, 0.15) is 0 Å². The number of rotatable bonds is 3. The van der Waals surface area contributed by atoms with Gasteiger partial charge in [-0.25, -0.2) is 0 Å². The van der Waals surface area contributed by atoms with Crippen molar-refractivity contribution in [1.29, 1.82) is 0 Å². The molecule has 1 aromatic heterocycles. The van der Waals surface area contributed by atoms with E-state index in [0.29, 0.717) is 12.1 Å². The molecule has 1 N–H and O–H groups in total. The van der Waals surface area contributed by atoms with Crippen molar-refractivity contribution in [2.45, 2.75) is 38.3 Å². The Morgan fingerprint density at radius 2 is 2.10 bits per heavy atom. The van der Waals surface area contributed by atoms with Crippen LogP contribution in [0.15, 0.2) is 30.5 Å². The fraction of sp³-hybridized carbons (Fsp3) is 0.438. The van der Waals surface area contributed by atoms with E-state index in [1.165, 1.54) is 33.2 Å². The van der Waals surface area contributed by atoms with Crippen molar-refractivity contribution in [3.63, 3.8) is 0 Å². The Kier molecular flexibility index (Phi) is 4.12. The fourth-order valence-corrected chi connectivity index (χ4v) is 3.39. The Bertz CT molecular complexity index is 588. The number of hydrogen-bond donors (Lipinski definition) is 1. The average molecular weight is 381 g/mol. The van der Waals surface area contributed by atoms with Crippen molar-refractivity contribution in [3.05, 3.63) is 50.9 Å². The summed E-state index contributed by atoms with van der Waals surface area (Å²) in [6, 6.07) is 9.57. The number of benzene rings is 1. The molecule has 0 bridgehead atoms. The van der Waals surface area contributed by atoms with Crippen LogP contribution in [0, 0.1) is 3.57 Å². The Morgan fingerprint density at radius 3 is 2.85 bits per heavy atom. The molecule has 2 aromatic rings. The summed E-state index contributed by atoms with van der Waals surface area (Å²) in [5.74, 6) is 0. The molecule has 2 unspecified atom stereocenters. The molecule has 106 valence electrons. The number of aromatic nitrogens is 2. The predicted molar refractivity (Wildman–Crippen MR) is 89.6 cm³/mol. The second-order valence-electron chi connectivity index (χ2n) is 5.55. The van der Waals surface area contributed by atoms with E-state index in [-0.39, 0.29) is 0 Å². The zero-order valence-corrected chi connectivity index (χ0v) is 14.1. The number of aryl methyl sites for hydroxylation is 1. The molecule has 4 heteroatoms. The normalized spacial score (nSPS) is 19.6. The van der Waals surface area contributed by atoms with Crippen LogP contribution >= 0.6 is 22.6 Å². The van der Waals surface area contributed by atoms with Crippen LogP contribution in [0.4, 0.5) is 0 Å². The van der Waals surface area contributed by atoms with Crippen LogP contribution in [0.25, 0.3) is 0 Å². The van der Waals surface area contributed by atoms with Crippen LogP contribution in [0.5, 0.6) is 0 Å². The van der Waals surface area contributed by atoms with Gasteiger partial charge in [0.25, 0.3) is 0 Å². The summed E-state index contributed by atoms with van der Waals surface area (Å²) < 4.78 is 3.31. The van der Waals surface area contributed by atoms with Crippen LogP contribution in [0.1, 0.15) is 48.7 Å². The minimum absolute atomic E-state index is 0.364. The van der Waals surface area contributed by atoms with Crippen LogP contribution in [0.2, 0.25) is 0 Å². The smallest absolute Gasteiger partial charge is 0.0540 e. The van der Waals surface area contributed by atoms with E-state index in [9.17, 15) is 0 Å². The lowest BCUT2D eigenvalue weighted by Crippen LogP contribution is -2.27. The summed E-state index contributed by atoms with van der Waals surface area (Å²) in [6.45, 7) is 2.24. The largest absolute Gasteiger partial charge is 0.303 e. The van der Waals surface area contributed by atoms with Gasteiger partial charge in [0.2, 0.25) is 0 Å². The second-order valence-corrected chi connectivity index (χ2v) is 6.80. The first-order chi connectivity index (χ1) is 9.65. The maximum atomic E-state index is 4.42. The topological polar surface area (TPSA) is 29.9 Å². The Morgan fingerprint density at radius 1 is 1.35 bits per heavy atom. The van der Waals surface area contributed by atoms with Gasteiger partial charge in [0.15, 0.2) is 0 Å². The highest BCUT2D eigenvalue weighted by Gasteiger charge is 2.24. The molecule has 3 nitrogen and oxygen atoms in total. The molecular weight excluding hydrogens is 361 g/mol. The van der Waals surface area contributed by atoms with E-state index < -0.39 is 0 Å². The molecule has 0 radical (unpaired) electrons. The van der Waals surface area contributed by atoms with Crippen molar-refractivity contribution in [2.24, 2.45) is 7.05 Å². The lowest BCUT2D eigenvalue weighted by Gasteiger charge is -2.27. The molecule has 0 fully saturated rings. The monoisotopic (exact) mass is 381 g/mol. The molecule has 0 saturated heterocycles. The van der Waals surface area contributed by atoms with E-state index in [2.05, 4.69) is 64.2 Å². The van der Waals surface area contributed by atoms with E-state index in [1.54, 1.807) is 0 Å². The second kappa shape index (κ2) is 5.85. The third kappa shape index (κ3) is 2.76. The molecule has 2 atom stereocenters. The lowest BCUT2D eigenvalue weighted by atomic mass is 9.92. The SMILES string of the molecule is CC(NC1CCCc2c1cnn2C)c1ccc(I)cc1. The summed E-state index contributed by atoms with van der Waals surface area (Å²) in [5.41, 5.74) is 4.13. The highest BCUT2D eigenvalue weighted by molar-refractivity contribution is 14.1. The summed E-state index contributed by atoms with van der Waals surface area (Å²) in [6.07, 6.45) is 5.63. The highest BCUT2D eigenvalue weighted by atomic mass is 127. The van der Waals surface area contributed by atoms with Crippen molar-refractivity contribution in [2.75, 3.05) is 0 Å². The van der Waals surface area contributed by atoms with Gasteiger partial charge in [-0.2, -0.15) is 5.10 Å². The minimum atomic E-state index is 0.364. The van der Waals surface area contributed by atoms with Gasteiger partial charge in [-0.1, -0.05) is 12.1 Å². The summed E-state index contributed by atoms with van der Waals surface area (Å²) >= 11 is 2.35.